The minimum absolute atomic E-state index is 0.109. The minimum Gasteiger partial charge on any atom is -0.379 e. The first-order valence-corrected chi connectivity index (χ1v) is 14.7. The molecule has 0 saturated carbocycles. The number of morpholine rings is 1. The average Bonchev–Trinajstić information content (AvgIpc) is 3.16. The van der Waals surface area contributed by atoms with Crippen LogP contribution >= 0.6 is 0 Å². The zero-order valence-corrected chi connectivity index (χ0v) is 24.1. The largest absolute Gasteiger partial charge is 0.379 e. The van der Waals surface area contributed by atoms with Crippen LogP contribution in [0, 0.1) is 27.7 Å². The third kappa shape index (κ3) is 5.43. The summed E-state index contributed by atoms with van der Waals surface area (Å²) >= 11 is 0. The third-order valence-electron chi connectivity index (χ3n) is 7.89. The van der Waals surface area contributed by atoms with E-state index in [1.807, 2.05) is 32.0 Å². The van der Waals surface area contributed by atoms with Crippen LogP contribution in [-0.2, 0) is 24.3 Å². The van der Waals surface area contributed by atoms with Gasteiger partial charge in [0.1, 0.15) is 6.04 Å². The molecule has 0 spiro atoms. The topological polar surface area (TPSA) is 87.2 Å². The Kier molecular flexibility index (Phi) is 8.42. The van der Waals surface area contributed by atoms with E-state index in [0.29, 0.717) is 55.6 Å². The molecule has 0 aliphatic carbocycles. The van der Waals surface area contributed by atoms with Crippen LogP contribution in [0.3, 0.4) is 0 Å². The van der Waals surface area contributed by atoms with E-state index in [2.05, 4.69) is 18.7 Å². The molecule has 206 valence electrons. The molecule has 2 saturated heterocycles. The quantitative estimate of drug-likeness (QED) is 0.474. The van der Waals surface area contributed by atoms with Crippen molar-refractivity contribution in [3.8, 4) is 0 Å². The fraction of sp³-hybridized carbons (Fsp3) is 0.517. The van der Waals surface area contributed by atoms with Crippen molar-refractivity contribution in [2.24, 2.45) is 0 Å². The van der Waals surface area contributed by atoms with E-state index in [4.69, 9.17) is 4.74 Å². The Hall–Kier alpha value is -2.59. The highest BCUT2D eigenvalue weighted by molar-refractivity contribution is 7.89. The number of hydrogen-bond acceptors (Lipinski definition) is 6. The van der Waals surface area contributed by atoms with E-state index < -0.39 is 27.9 Å². The van der Waals surface area contributed by atoms with Crippen LogP contribution in [0.1, 0.15) is 54.0 Å². The number of anilines is 1. The summed E-state index contributed by atoms with van der Waals surface area (Å²) in [7, 11) is -4.10. The highest BCUT2D eigenvalue weighted by Crippen LogP contribution is 2.34. The Labute approximate surface area is 226 Å². The predicted molar refractivity (Wildman–Crippen MR) is 148 cm³/mol. The fourth-order valence-corrected chi connectivity index (χ4v) is 7.47. The molecule has 8 nitrogen and oxygen atoms in total. The minimum atomic E-state index is -4.10. The summed E-state index contributed by atoms with van der Waals surface area (Å²) < 4.78 is 35.4. The van der Waals surface area contributed by atoms with E-state index in [0.717, 1.165) is 21.6 Å². The molecule has 2 heterocycles. The number of imide groups is 1. The van der Waals surface area contributed by atoms with Gasteiger partial charge in [-0.2, -0.15) is 4.31 Å². The number of amides is 2. The Balaban J connectivity index is 1.73. The molecule has 1 unspecified atom stereocenters. The van der Waals surface area contributed by atoms with E-state index in [-0.39, 0.29) is 17.9 Å². The number of ether oxygens (including phenoxy) is 1. The van der Waals surface area contributed by atoms with Crippen molar-refractivity contribution in [1.82, 2.24) is 9.21 Å². The number of carbonyl (C=O) groups is 2. The van der Waals surface area contributed by atoms with E-state index in [1.165, 1.54) is 4.31 Å². The second-order valence-corrected chi connectivity index (χ2v) is 12.5. The number of aryl methyl sites for hydroxylation is 2. The van der Waals surface area contributed by atoms with Crippen LogP contribution in [0.2, 0.25) is 0 Å². The normalized spacial score (nSPS) is 19.3. The highest BCUT2D eigenvalue weighted by Gasteiger charge is 2.47. The molecule has 2 aliphatic rings. The van der Waals surface area contributed by atoms with Crippen LogP contribution in [0.15, 0.2) is 35.2 Å². The summed E-state index contributed by atoms with van der Waals surface area (Å²) in [6, 6.07) is 8.22. The van der Waals surface area contributed by atoms with Crippen molar-refractivity contribution in [1.29, 1.82) is 0 Å². The number of benzene rings is 2. The average molecular weight is 542 g/mol. The molecule has 1 atom stereocenters. The summed E-state index contributed by atoms with van der Waals surface area (Å²) in [4.78, 5) is 30.5. The maximum atomic E-state index is 14.4. The Morgan fingerprint density at radius 2 is 1.55 bits per heavy atom. The highest BCUT2D eigenvalue weighted by atomic mass is 32.2. The van der Waals surface area contributed by atoms with Crippen molar-refractivity contribution in [2.45, 2.75) is 64.8 Å². The lowest BCUT2D eigenvalue weighted by molar-refractivity contribution is -0.122. The molecule has 2 aromatic rings. The van der Waals surface area contributed by atoms with Gasteiger partial charge in [0.15, 0.2) is 0 Å². The van der Waals surface area contributed by atoms with E-state index in [9.17, 15) is 18.0 Å². The van der Waals surface area contributed by atoms with Crippen LogP contribution in [0.4, 0.5) is 5.69 Å². The molecule has 0 aromatic heterocycles. The van der Waals surface area contributed by atoms with Crippen molar-refractivity contribution < 1.29 is 22.7 Å². The molecule has 0 N–H and O–H groups in total. The maximum Gasteiger partial charge on any atom is 0.252 e. The van der Waals surface area contributed by atoms with Crippen LogP contribution < -0.4 is 4.90 Å². The zero-order chi connectivity index (χ0) is 27.8. The summed E-state index contributed by atoms with van der Waals surface area (Å²) in [5, 5.41) is 0. The van der Waals surface area contributed by atoms with Crippen LogP contribution in [0.5, 0.6) is 0 Å². The third-order valence-corrected chi connectivity index (χ3v) is 10.1. The van der Waals surface area contributed by atoms with Gasteiger partial charge in [-0.15, -0.1) is 0 Å². The zero-order valence-electron chi connectivity index (χ0n) is 23.3. The number of sulfonamides is 1. The summed E-state index contributed by atoms with van der Waals surface area (Å²) in [6.07, 6.45) is -0.185. The fourth-order valence-electron chi connectivity index (χ4n) is 5.31. The molecular formula is C29H39N3O5S. The number of rotatable bonds is 8. The first-order chi connectivity index (χ1) is 17.9. The molecule has 0 radical (unpaired) electrons. The van der Waals surface area contributed by atoms with Gasteiger partial charge >= 0.3 is 0 Å². The van der Waals surface area contributed by atoms with Gasteiger partial charge in [-0.25, -0.2) is 13.3 Å². The summed E-state index contributed by atoms with van der Waals surface area (Å²) in [5.74, 6) is -0.581. The second kappa shape index (κ2) is 11.3. The van der Waals surface area contributed by atoms with Crippen LogP contribution in [0.25, 0.3) is 0 Å². The lowest BCUT2D eigenvalue weighted by Gasteiger charge is -2.32. The molecule has 2 fully saturated rings. The van der Waals surface area contributed by atoms with Gasteiger partial charge in [-0.3, -0.25) is 14.5 Å². The van der Waals surface area contributed by atoms with Gasteiger partial charge in [0.2, 0.25) is 15.9 Å². The van der Waals surface area contributed by atoms with Gasteiger partial charge in [0.05, 0.1) is 30.2 Å². The Morgan fingerprint density at radius 1 is 0.974 bits per heavy atom. The molecule has 2 aliphatic heterocycles. The van der Waals surface area contributed by atoms with E-state index in [1.54, 1.807) is 26.0 Å². The standard InChI is InChI=1S/C29H39N3O5S/c1-19(2)24-7-9-25(10-8-24)32-27(33)18-26(29(32)34)31(12-11-30-13-15-37-16-14-30)38(35,36)28-22(5)20(3)17-21(4)23(28)6/h7-10,17,19,26H,11-16,18H2,1-6H3. The maximum absolute atomic E-state index is 14.4. The summed E-state index contributed by atoms with van der Waals surface area (Å²) in [5.41, 5.74) is 4.65. The van der Waals surface area contributed by atoms with Crippen molar-refractivity contribution in [3.63, 3.8) is 0 Å². The van der Waals surface area contributed by atoms with Crippen molar-refractivity contribution in [3.05, 3.63) is 58.1 Å². The van der Waals surface area contributed by atoms with Gasteiger partial charge < -0.3 is 4.74 Å². The summed E-state index contributed by atoms with van der Waals surface area (Å²) in [6.45, 7) is 14.7. The molecule has 9 heteroatoms. The number of carbonyl (C=O) groups excluding carboxylic acids is 2. The van der Waals surface area contributed by atoms with Gasteiger partial charge in [0.25, 0.3) is 5.91 Å². The van der Waals surface area contributed by atoms with E-state index >= 15 is 0 Å². The molecule has 0 bridgehead atoms. The van der Waals surface area contributed by atoms with Crippen LogP contribution in [-0.4, -0.2) is 74.9 Å². The lowest BCUT2D eigenvalue weighted by Crippen LogP contribution is -2.49. The first-order valence-electron chi connectivity index (χ1n) is 13.3. The number of hydrogen-bond donors (Lipinski definition) is 0. The first kappa shape index (κ1) is 28.4. The van der Waals surface area contributed by atoms with Gasteiger partial charge in [-0.1, -0.05) is 32.0 Å². The smallest absolute Gasteiger partial charge is 0.252 e. The monoisotopic (exact) mass is 541 g/mol. The molecule has 2 aromatic carbocycles. The second-order valence-electron chi connectivity index (χ2n) is 10.7. The van der Waals surface area contributed by atoms with Crippen molar-refractivity contribution >= 4 is 27.5 Å². The van der Waals surface area contributed by atoms with Gasteiger partial charge in [0, 0.05) is 26.2 Å². The number of nitrogens with zero attached hydrogens (tertiary/aromatic N) is 3. The predicted octanol–water partition coefficient (Wildman–Crippen LogP) is 3.70. The van der Waals surface area contributed by atoms with Crippen molar-refractivity contribution in [2.75, 3.05) is 44.3 Å². The lowest BCUT2D eigenvalue weighted by atomic mass is 10.0. The Morgan fingerprint density at radius 3 is 2.11 bits per heavy atom. The molecule has 38 heavy (non-hydrogen) atoms. The molecular weight excluding hydrogens is 502 g/mol. The van der Waals surface area contributed by atoms with Gasteiger partial charge in [-0.05, 0) is 73.6 Å². The Bertz CT molecular complexity index is 1290. The SMILES string of the molecule is Cc1cc(C)c(C)c(S(=O)(=O)N(CCN2CCOCC2)C2CC(=O)N(c3ccc(C(C)C)cc3)C2=O)c1C. The molecule has 4 rings (SSSR count). The molecule has 2 amide bonds.